The molecule has 1 aromatic heterocycles. The predicted molar refractivity (Wildman–Crippen MR) is 117 cm³/mol. The summed E-state index contributed by atoms with van der Waals surface area (Å²) in [5.74, 6) is 2.46. The van der Waals surface area contributed by atoms with E-state index in [9.17, 15) is 0 Å². The second kappa shape index (κ2) is 10.4. The maximum Gasteiger partial charge on any atom is 0.190 e. The molecule has 2 fully saturated rings. The number of thiophene rings is 1. The van der Waals surface area contributed by atoms with Crippen LogP contribution in [0.2, 0.25) is 0 Å². The van der Waals surface area contributed by atoms with E-state index in [-0.39, 0.29) is 0 Å². The topological polar surface area (TPSA) is 42.9 Å². The predicted octanol–water partition coefficient (Wildman–Crippen LogP) is 3.03. The summed E-state index contributed by atoms with van der Waals surface area (Å²) in [4.78, 5) is 10.9. The summed E-state index contributed by atoms with van der Waals surface area (Å²) in [6.07, 6.45) is 6.49. The fraction of sp³-hybridized carbons (Fsp3) is 0.762. The minimum Gasteiger partial charge on any atom is -0.356 e. The van der Waals surface area contributed by atoms with Gasteiger partial charge in [-0.2, -0.15) is 0 Å². The van der Waals surface area contributed by atoms with Crippen LogP contribution in [0.1, 0.15) is 43.0 Å². The van der Waals surface area contributed by atoms with Gasteiger partial charge < -0.3 is 15.5 Å². The highest BCUT2D eigenvalue weighted by atomic mass is 32.1. The molecular formula is C21H37N5S. The Kier molecular flexibility index (Phi) is 7.97. The van der Waals surface area contributed by atoms with Crippen molar-refractivity contribution in [1.29, 1.82) is 0 Å². The van der Waals surface area contributed by atoms with Gasteiger partial charge in [-0.3, -0.25) is 9.89 Å². The quantitative estimate of drug-likeness (QED) is 0.578. The SMILES string of the molecule is CN=C(NCCC1CCN(C)CC1)NCC1CCCN(C)C1c1cccs1. The van der Waals surface area contributed by atoms with Crippen molar-refractivity contribution in [2.75, 3.05) is 53.9 Å². The van der Waals surface area contributed by atoms with Gasteiger partial charge >= 0.3 is 0 Å². The molecule has 3 heterocycles. The van der Waals surface area contributed by atoms with Crippen LogP contribution in [0.25, 0.3) is 0 Å². The molecule has 0 aromatic carbocycles. The lowest BCUT2D eigenvalue weighted by molar-refractivity contribution is 0.125. The maximum absolute atomic E-state index is 4.45. The van der Waals surface area contributed by atoms with Crippen LogP contribution < -0.4 is 10.6 Å². The first-order valence-corrected chi connectivity index (χ1v) is 11.4. The molecule has 0 bridgehead atoms. The van der Waals surface area contributed by atoms with E-state index < -0.39 is 0 Å². The molecule has 3 rings (SSSR count). The molecule has 2 N–H and O–H groups in total. The number of nitrogens with zero attached hydrogens (tertiary/aromatic N) is 3. The van der Waals surface area contributed by atoms with Crippen LogP contribution in [-0.4, -0.2) is 69.6 Å². The van der Waals surface area contributed by atoms with Crippen molar-refractivity contribution < 1.29 is 0 Å². The summed E-state index contributed by atoms with van der Waals surface area (Å²) in [6, 6.07) is 5.00. The Labute approximate surface area is 169 Å². The van der Waals surface area contributed by atoms with Gasteiger partial charge in [0, 0.05) is 31.1 Å². The Morgan fingerprint density at radius 3 is 2.70 bits per heavy atom. The van der Waals surface area contributed by atoms with Crippen molar-refractivity contribution in [1.82, 2.24) is 20.4 Å². The molecule has 27 heavy (non-hydrogen) atoms. The molecule has 2 atom stereocenters. The normalized spacial score (nSPS) is 26.3. The highest BCUT2D eigenvalue weighted by Gasteiger charge is 2.31. The number of nitrogens with one attached hydrogen (secondary N) is 2. The molecule has 0 saturated carbocycles. The molecule has 2 aliphatic rings. The van der Waals surface area contributed by atoms with Gasteiger partial charge in [0.05, 0.1) is 0 Å². The van der Waals surface area contributed by atoms with Gasteiger partial charge in [0.15, 0.2) is 5.96 Å². The minimum absolute atomic E-state index is 0.531. The van der Waals surface area contributed by atoms with Crippen molar-refractivity contribution in [3.05, 3.63) is 22.4 Å². The van der Waals surface area contributed by atoms with Crippen molar-refractivity contribution in [3.63, 3.8) is 0 Å². The van der Waals surface area contributed by atoms with Gasteiger partial charge in [-0.1, -0.05) is 6.07 Å². The Hall–Kier alpha value is -1.11. The minimum atomic E-state index is 0.531. The first-order valence-electron chi connectivity index (χ1n) is 10.5. The molecule has 0 amide bonds. The summed E-state index contributed by atoms with van der Waals surface area (Å²) in [7, 11) is 6.38. The van der Waals surface area contributed by atoms with E-state index in [0.29, 0.717) is 12.0 Å². The van der Waals surface area contributed by atoms with Crippen LogP contribution in [0.3, 0.4) is 0 Å². The number of hydrogen-bond acceptors (Lipinski definition) is 4. The van der Waals surface area contributed by atoms with Crippen LogP contribution in [0.5, 0.6) is 0 Å². The van der Waals surface area contributed by atoms with Crippen LogP contribution in [0, 0.1) is 11.8 Å². The van der Waals surface area contributed by atoms with E-state index in [2.05, 4.69) is 57.0 Å². The van der Waals surface area contributed by atoms with Gasteiger partial charge in [-0.25, -0.2) is 0 Å². The largest absolute Gasteiger partial charge is 0.356 e. The summed E-state index contributed by atoms with van der Waals surface area (Å²) >= 11 is 1.89. The molecule has 1 aromatic rings. The second-order valence-electron chi connectivity index (χ2n) is 8.26. The highest BCUT2D eigenvalue weighted by molar-refractivity contribution is 7.10. The van der Waals surface area contributed by atoms with Gasteiger partial charge in [-0.05, 0) is 89.1 Å². The molecule has 152 valence electrons. The number of likely N-dealkylation sites (tertiary alicyclic amines) is 2. The highest BCUT2D eigenvalue weighted by Crippen LogP contribution is 2.36. The average Bonchev–Trinajstić information content (AvgIpc) is 3.20. The summed E-state index contributed by atoms with van der Waals surface area (Å²) in [5.41, 5.74) is 0. The Morgan fingerprint density at radius 1 is 1.19 bits per heavy atom. The third-order valence-corrected chi connectivity index (χ3v) is 7.22. The van der Waals surface area contributed by atoms with Crippen molar-refractivity contribution >= 4 is 17.3 Å². The van der Waals surface area contributed by atoms with E-state index in [1.165, 1.54) is 56.6 Å². The third kappa shape index (κ3) is 5.93. The van der Waals surface area contributed by atoms with Crippen LogP contribution in [0.15, 0.2) is 22.5 Å². The van der Waals surface area contributed by atoms with Crippen LogP contribution in [-0.2, 0) is 0 Å². The fourth-order valence-electron chi connectivity index (χ4n) is 4.58. The molecule has 0 spiro atoms. The maximum atomic E-state index is 4.45. The van der Waals surface area contributed by atoms with E-state index >= 15 is 0 Å². The van der Waals surface area contributed by atoms with Gasteiger partial charge in [0.2, 0.25) is 0 Å². The summed E-state index contributed by atoms with van der Waals surface area (Å²) in [6.45, 7) is 5.70. The molecular weight excluding hydrogens is 354 g/mol. The zero-order valence-electron chi connectivity index (χ0n) is 17.3. The summed E-state index contributed by atoms with van der Waals surface area (Å²) in [5, 5.41) is 9.35. The van der Waals surface area contributed by atoms with Crippen LogP contribution >= 0.6 is 11.3 Å². The van der Waals surface area contributed by atoms with Crippen molar-refractivity contribution in [3.8, 4) is 0 Å². The Morgan fingerprint density at radius 2 is 2.00 bits per heavy atom. The van der Waals surface area contributed by atoms with Crippen LogP contribution in [0.4, 0.5) is 0 Å². The molecule has 2 aliphatic heterocycles. The number of aliphatic imine (C=N–C) groups is 1. The standard InChI is InChI=1S/C21H37N5S/c1-22-21(23-11-8-17-9-13-25(2)14-10-17)24-16-18-6-4-12-26(3)20(18)19-7-5-15-27-19/h5,7,15,17-18,20H,4,6,8-14,16H2,1-3H3,(H2,22,23,24). The van der Waals surface area contributed by atoms with Gasteiger partial charge in [0.1, 0.15) is 0 Å². The number of hydrogen-bond donors (Lipinski definition) is 2. The molecule has 6 heteroatoms. The van der Waals surface area contributed by atoms with E-state index in [1.54, 1.807) is 0 Å². The zero-order valence-corrected chi connectivity index (χ0v) is 18.1. The lowest BCUT2D eigenvalue weighted by Gasteiger charge is -2.39. The lowest BCUT2D eigenvalue weighted by atomic mass is 9.88. The molecule has 5 nitrogen and oxygen atoms in total. The number of rotatable bonds is 6. The van der Waals surface area contributed by atoms with E-state index in [1.807, 2.05) is 18.4 Å². The first kappa shape index (κ1) is 20.6. The first-order chi connectivity index (χ1) is 13.2. The molecule has 2 unspecified atom stereocenters. The smallest absolute Gasteiger partial charge is 0.190 e. The fourth-order valence-corrected chi connectivity index (χ4v) is 5.56. The average molecular weight is 392 g/mol. The Balaban J connectivity index is 1.44. The number of guanidine groups is 1. The second-order valence-corrected chi connectivity index (χ2v) is 9.24. The van der Waals surface area contributed by atoms with E-state index in [4.69, 9.17) is 0 Å². The monoisotopic (exact) mass is 391 g/mol. The van der Waals surface area contributed by atoms with Crippen molar-refractivity contribution in [2.45, 2.75) is 38.1 Å². The van der Waals surface area contributed by atoms with Gasteiger partial charge in [0.25, 0.3) is 0 Å². The summed E-state index contributed by atoms with van der Waals surface area (Å²) < 4.78 is 0. The number of piperidine rings is 2. The zero-order chi connectivity index (χ0) is 19.1. The van der Waals surface area contributed by atoms with Crippen molar-refractivity contribution in [2.24, 2.45) is 16.8 Å². The Bertz CT molecular complexity index is 565. The molecule has 2 saturated heterocycles. The lowest BCUT2D eigenvalue weighted by Crippen LogP contribution is -2.45. The van der Waals surface area contributed by atoms with Gasteiger partial charge in [-0.15, -0.1) is 11.3 Å². The molecule has 0 radical (unpaired) electrons. The van der Waals surface area contributed by atoms with E-state index in [0.717, 1.165) is 25.0 Å². The molecule has 0 aliphatic carbocycles. The third-order valence-electron chi connectivity index (χ3n) is 6.28.